The van der Waals surface area contributed by atoms with Gasteiger partial charge in [0.15, 0.2) is 0 Å². The molecule has 8 heteroatoms. The van der Waals surface area contributed by atoms with Crippen LogP contribution in [0, 0.1) is 0 Å². The molecule has 0 unspecified atom stereocenters. The molecule has 0 radical (unpaired) electrons. The molecule has 1 heterocycles. The predicted octanol–water partition coefficient (Wildman–Crippen LogP) is 3.62. The highest BCUT2D eigenvalue weighted by Crippen LogP contribution is 2.24. The second-order valence-electron chi connectivity index (χ2n) is 4.14. The summed E-state index contributed by atoms with van der Waals surface area (Å²) in [6, 6.07) is 7.69. The van der Waals surface area contributed by atoms with Crippen molar-refractivity contribution >= 4 is 44.7 Å². The molecule has 0 spiro atoms. The van der Waals surface area contributed by atoms with Gasteiger partial charge < -0.3 is 5.32 Å². The van der Waals surface area contributed by atoms with Crippen molar-refractivity contribution in [3.8, 4) is 0 Å². The Bertz CT molecular complexity index is 734. The monoisotopic (exact) mass is 345 g/mol. The molecule has 0 fully saturated rings. The zero-order valence-electron chi connectivity index (χ0n) is 11.1. The van der Waals surface area contributed by atoms with E-state index in [1.807, 2.05) is 6.92 Å². The van der Waals surface area contributed by atoms with Gasteiger partial charge >= 0.3 is 0 Å². The van der Waals surface area contributed by atoms with Gasteiger partial charge in [0.05, 0.1) is 5.02 Å². The summed E-state index contributed by atoms with van der Waals surface area (Å²) in [4.78, 5) is 4.00. The maximum Gasteiger partial charge on any atom is 0.263 e. The summed E-state index contributed by atoms with van der Waals surface area (Å²) in [5.41, 5.74) is 0.409. The Labute approximate surface area is 133 Å². The van der Waals surface area contributed by atoms with Crippen molar-refractivity contribution in [3.63, 3.8) is 0 Å². The van der Waals surface area contributed by atoms with E-state index < -0.39 is 10.0 Å². The van der Waals surface area contributed by atoms with E-state index in [0.717, 1.165) is 0 Å². The fourth-order valence-corrected chi connectivity index (χ4v) is 3.05. The van der Waals surface area contributed by atoms with Gasteiger partial charge in [0.2, 0.25) is 0 Å². The van der Waals surface area contributed by atoms with Gasteiger partial charge in [-0.25, -0.2) is 13.4 Å². The number of rotatable bonds is 5. The minimum absolute atomic E-state index is 0.0101. The quantitative estimate of drug-likeness (QED) is 0.867. The summed E-state index contributed by atoms with van der Waals surface area (Å²) in [6.45, 7) is 2.53. The average Bonchev–Trinajstić information content (AvgIpc) is 2.43. The van der Waals surface area contributed by atoms with Crippen molar-refractivity contribution in [2.75, 3.05) is 16.6 Å². The lowest BCUT2D eigenvalue weighted by Gasteiger charge is -2.10. The number of anilines is 2. The number of aromatic nitrogens is 1. The lowest BCUT2D eigenvalue weighted by atomic mass is 10.3. The van der Waals surface area contributed by atoms with Crippen LogP contribution in [0.25, 0.3) is 0 Å². The van der Waals surface area contributed by atoms with Gasteiger partial charge in [-0.05, 0) is 37.3 Å². The van der Waals surface area contributed by atoms with Gasteiger partial charge in [0.25, 0.3) is 10.0 Å². The van der Waals surface area contributed by atoms with E-state index in [-0.39, 0.29) is 9.92 Å². The van der Waals surface area contributed by atoms with Gasteiger partial charge in [-0.15, -0.1) is 0 Å². The number of hydrogen-bond acceptors (Lipinski definition) is 4. The first kappa shape index (κ1) is 15.9. The van der Waals surface area contributed by atoms with Crippen molar-refractivity contribution < 1.29 is 8.42 Å². The number of nitrogens with zero attached hydrogens (tertiary/aromatic N) is 1. The van der Waals surface area contributed by atoms with Crippen LogP contribution in [0.3, 0.4) is 0 Å². The highest BCUT2D eigenvalue weighted by Gasteiger charge is 2.16. The Morgan fingerprint density at radius 1 is 1.19 bits per heavy atom. The summed E-state index contributed by atoms with van der Waals surface area (Å²) in [5, 5.41) is 3.71. The minimum atomic E-state index is -3.75. The molecule has 0 saturated carbocycles. The Morgan fingerprint density at radius 3 is 2.43 bits per heavy atom. The lowest BCUT2D eigenvalue weighted by molar-refractivity contribution is 0.601. The first-order valence-electron chi connectivity index (χ1n) is 6.10. The standard InChI is InChI=1S/C13H13Cl2N3O2S/c1-2-16-13-12(15)7-11(8-17-13)21(19,20)18-10-5-3-9(14)4-6-10/h3-8,18H,2H2,1H3,(H,16,17). The molecule has 0 aliphatic rings. The highest BCUT2D eigenvalue weighted by molar-refractivity contribution is 7.92. The summed E-state index contributed by atoms with van der Waals surface area (Å²) in [7, 11) is -3.75. The van der Waals surface area contributed by atoms with Crippen LogP contribution in [0.15, 0.2) is 41.4 Å². The molecule has 2 aromatic rings. The number of benzene rings is 1. The molecular weight excluding hydrogens is 333 g/mol. The topological polar surface area (TPSA) is 71.1 Å². The fraction of sp³-hybridized carbons (Fsp3) is 0.154. The molecule has 0 aliphatic heterocycles. The number of pyridine rings is 1. The Balaban J connectivity index is 2.27. The second kappa shape index (κ2) is 6.51. The SMILES string of the molecule is CCNc1ncc(S(=O)(=O)Nc2ccc(Cl)cc2)cc1Cl. The predicted molar refractivity (Wildman–Crippen MR) is 85.7 cm³/mol. The third-order valence-electron chi connectivity index (χ3n) is 2.57. The number of sulfonamides is 1. The average molecular weight is 346 g/mol. The second-order valence-corrected chi connectivity index (χ2v) is 6.67. The molecule has 1 aromatic carbocycles. The van der Waals surface area contributed by atoms with E-state index in [9.17, 15) is 8.42 Å². The molecule has 2 rings (SSSR count). The molecular formula is C13H13Cl2N3O2S. The van der Waals surface area contributed by atoms with Crippen LogP contribution in [0.4, 0.5) is 11.5 Å². The highest BCUT2D eigenvalue weighted by atomic mass is 35.5. The number of hydrogen-bond donors (Lipinski definition) is 2. The van der Waals surface area contributed by atoms with Crippen LogP contribution < -0.4 is 10.0 Å². The number of nitrogens with one attached hydrogen (secondary N) is 2. The molecule has 0 saturated heterocycles. The largest absolute Gasteiger partial charge is 0.369 e. The van der Waals surface area contributed by atoms with Crippen molar-refractivity contribution in [3.05, 3.63) is 46.6 Å². The summed E-state index contributed by atoms with van der Waals surface area (Å²) in [6.07, 6.45) is 1.25. The molecule has 5 nitrogen and oxygen atoms in total. The first-order chi connectivity index (χ1) is 9.92. The Morgan fingerprint density at radius 2 is 1.86 bits per heavy atom. The maximum atomic E-state index is 12.2. The van der Waals surface area contributed by atoms with Crippen LogP contribution >= 0.6 is 23.2 Å². The van der Waals surface area contributed by atoms with Gasteiger partial charge in [-0.1, -0.05) is 23.2 Å². The van der Waals surface area contributed by atoms with Gasteiger partial charge in [-0.2, -0.15) is 0 Å². The van der Waals surface area contributed by atoms with Crippen molar-refractivity contribution in [1.82, 2.24) is 4.98 Å². The first-order valence-corrected chi connectivity index (χ1v) is 8.34. The van der Waals surface area contributed by atoms with E-state index in [0.29, 0.717) is 23.1 Å². The molecule has 0 aliphatic carbocycles. The van der Waals surface area contributed by atoms with E-state index in [4.69, 9.17) is 23.2 Å². The summed E-state index contributed by atoms with van der Waals surface area (Å²) >= 11 is 11.8. The summed E-state index contributed by atoms with van der Waals surface area (Å²) < 4.78 is 26.9. The van der Waals surface area contributed by atoms with E-state index in [1.165, 1.54) is 12.3 Å². The fourth-order valence-electron chi connectivity index (χ4n) is 1.60. The van der Waals surface area contributed by atoms with E-state index in [1.54, 1.807) is 24.3 Å². The summed E-state index contributed by atoms with van der Waals surface area (Å²) in [5.74, 6) is 0.449. The Hall–Kier alpha value is -1.50. The molecule has 21 heavy (non-hydrogen) atoms. The molecule has 0 bridgehead atoms. The molecule has 1 aromatic heterocycles. The van der Waals surface area contributed by atoms with Crippen LogP contribution in [0.1, 0.15) is 6.92 Å². The van der Waals surface area contributed by atoms with E-state index >= 15 is 0 Å². The zero-order valence-corrected chi connectivity index (χ0v) is 13.4. The van der Waals surface area contributed by atoms with Crippen LogP contribution in [-0.2, 0) is 10.0 Å². The number of halogens is 2. The van der Waals surface area contributed by atoms with Crippen LogP contribution in [0.2, 0.25) is 10.0 Å². The molecule has 0 atom stereocenters. The molecule has 0 amide bonds. The Kier molecular flexibility index (Phi) is 4.92. The van der Waals surface area contributed by atoms with Crippen LogP contribution in [0.5, 0.6) is 0 Å². The third kappa shape index (κ3) is 4.00. The molecule has 2 N–H and O–H groups in total. The zero-order chi connectivity index (χ0) is 15.5. The lowest BCUT2D eigenvalue weighted by Crippen LogP contribution is -2.13. The smallest absolute Gasteiger partial charge is 0.263 e. The van der Waals surface area contributed by atoms with Crippen molar-refractivity contribution in [1.29, 1.82) is 0 Å². The van der Waals surface area contributed by atoms with Gasteiger partial charge in [-0.3, -0.25) is 4.72 Å². The van der Waals surface area contributed by atoms with E-state index in [2.05, 4.69) is 15.0 Å². The maximum absolute atomic E-state index is 12.2. The van der Waals surface area contributed by atoms with Gasteiger partial charge in [0.1, 0.15) is 10.7 Å². The normalized spacial score (nSPS) is 11.2. The minimum Gasteiger partial charge on any atom is -0.369 e. The molecule has 112 valence electrons. The van der Waals surface area contributed by atoms with Crippen molar-refractivity contribution in [2.45, 2.75) is 11.8 Å². The van der Waals surface area contributed by atoms with Crippen LogP contribution in [-0.4, -0.2) is 19.9 Å². The van der Waals surface area contributed by atoms with Crippen molar-refractivity contribution in [2.24, 2.45) is 0 Å². The van der Waals surface area contributed by atoms with Gasteiger partial charge in [0, 0.05) is 23.5 Å². The third-order valence-corrected chi connectivity index (χ3v) is 4.46.